The normalized spacial score (nSPS) is 14.6. The Bertz CT molecular complexity index is 584. The lowest BCUT2D eigenvalue weighted by atomic mass is 10.3. The van der Waals surface area contributed by atoms with E-state index in [-0.39, 0.29) is 18.0 Å². The predicted octanol–water partition coefficient (Wildman–Crippen LogP) is 2.33. The topological polar surface area (TPSA) is 85.3 Å². The molecular weight excluding hydrogens is 366 g/mol. The first-order valence-corrected chi connectivity index (χ1v) is 11.1. The summed E-state index contributed by atoms with van der Waals surface area (Å²) in [5, 5.41) is 9.96. The lowest BCUT2D eigenvalue weighted by Crippen LogP contribution is -2.38. The van der Waals surface area contributed by atoms with E-state index in [1.54, 1.807) is 30.3 Å². The molecule has 0 spiro atoms. The molecule has 25 heavy (non-hydrogen) atoms. The monoisotopic (exact) mass is 395 g/mol. The van der Waals surface area contributed by atoms with Gasteiger partial charge in [0, 0.05) is 18.8 Å². The minimum atomic E-state index is -3.68. The minimum Gasteiger partial charge on any atom is -0.392 e. The largest absolute Gasteiger partial charge is 0.392 e. The fraction of sp³-hybridized carbons (Fsp3) is 0.625. The smallest absolute Gasteiger partial charge is 0.243 e. The number of aliphatic hydroxyl groups excluding tert-OH is 1. The predicted molar refractivity (Wildman–Crippen MR) is 99.6 cm³/mol. The molecular formula is C16H29NO6S2. The number of hydrogen-bond acceptors (Lipinski definition) is 6. The van der Waals surface area contributed by atoms with Crippen LogP contribution in [-0.4, -0.2) is 64.1 Å². The van der Waals surface area contributed by atoms with Crippen LogP contribution >= 0.6 is 10.9 Å². The maximum atomic E-state index is 12.9. The summed E-state index contributed by atoms with van der Waals surface area (Å²) in [5.74, 6) is 0.430. The molecule has 0 aromatic heterocycles. The molecule has 0 amide bonds. The number of nitrogens with zero attached hydrogens (tertiary/aromatic N) is 1. The summed E-state index contributed by atoms with van der Waals surface area (Å²) in [4.78, 5) is 0.210. The van der Waals surface area contributed by atoms with Gasteiger partial charge in [-0.2, -0.15) is 4.31 Å². The zero-order valence-electron chi connectivity index (χ0n) is 15.3. The Morgan fingerprint density at radius 1 is 1.08 bits per heavy atom. The van der Waals surface area contributed by atoms with E-state index in [1.165, 1.54) is 25.6 Å². The van der Waals surface area contributed by atoms with E-state index in [9.17, 15) is 13.5 Å². The molecule has 0 bridgehead atoms. The number of benzene rings is 1. The SMILES string of the molecule is CCC(O)CN(CCCS(OC)(OC)OC)S(=O)(=O)c1ccccc1. The maximum absolute atomic E-state index is 12.9. The molecule has 0 fully saturated rings. The molecule has 7 nitrogen and oxygen atoms in total. The van der Waals surface area contributed by atoms with Crippen molar-refractivity contribution in [3.63, 3.8) is 0 Å². The first-order valence-electron chi connectivity index (χ1n) is 8.06. The molecule has 0 radical (unpaired) electrons. The van der Waals surface area contributed by atoms with Gasteiger partial charge in [-0.15, -0.1) is 0 Å². The van der Waals surface area contributed by atoms with Gasteiger partial charge in [0.15, 0.2) is 0 Å². The fourth-order valence-electron chi connectivity index (χ4n) is 2.29. The molecule has 1 unspecified atom stereocenters. The van der Waals surface area contributed by atoms with Gasteiger partial charge in [-0.3, -0.25) is 12.5 Å². The summed E-state index contributed by atoms with van der Waals surface area (Å²) < 4.78 is 43.0. The van der Waals surface area contributed by atoms with E-state index in [2.05, 4.69) is 0 Å². The van der Waals surface area contributed by atoms with Gasteiger partial charge in [0.1, 0.15) is 0 Å². The van der Waals surface area contributed by atoms with Crippen LogP contribution in [0.25, 0.3) is 0 Å². The standard InChI is InChI=1S/C16H29NO6S2/c1-5-15(18)14-17(12-9-13-24(21-2,22-3)23-4)25(19,20)16-10-7-6-8-11-16/h6-8,10-11,15,18H,5,9,12-14H2,1-4H3. The molecule has 1 aromatic rings. The van der Waals surface area contributed by atoms with Crippen molar-refractivity contribution in [1.82, 2.24) is 4.31 Å². The van der Waals surface area contributed by atoms with Gasteiger partial charge >= 0.3 is 0 Å². The highest BCUT2D eigenvalue weighted by Gasteiger charge is 2.28. The van der Waals surface area contributed by atoms with Crippen LogP contribution in [-0.2, 0) is 22.6 Å². The summed E-state index contributed by atoms with van der Waals surface area (Å²) in [6.45, 7) is 2.09. The number of sulfonamides is 1. The zero-order valence-corrected chi connectivity index (χ0v) is 16.9. The van der Waals surface area contributed by atoms with Gasteiger partial charge in [-0.05, 0) is 25.0 Å². The van der Waals surface area contributed by atoms with Crippen LogP contribution < -0.4 is 0 Å². The second-order valence-electron chi connectivity index (χ2n) is 5.35. The first-order chi connectivity index (χ1) is 11.8. The van der Waals surface area contributed by atoms with Gasteiger partial charge in [0.25, 0.3) is 0 Å². The van der Waals surface area contributed by atoms with Crippen LogP contribution in [0, 0.1) is 0 Å². The van der Waals surface area contributed by atoms with Gasteiger partial charge in [0.2, 0.25) is 10.0 Å². The first kappa shape index (κ1) is 22.4. The van der Waals surface area contributed by atoms with Crippen molar-refractivity contribution < 1.29 is 26.1 Å². The Balaban J connectivity index is 2.91. The second kappa shape index (κ2) is 10.5. The molecule has 0 saturated carbocycles. The third kappa shape index (κ3) is 6.21. The van der Waals surface area contributed by atoms with Crippen molar-refractivity contribution in [3.8, 4) is 0 Å². The third-order valence-corrected chi connectivity index (χ3v) is 8.02. The van der Waals surface area contributed by atoms with Gasteiger partial charge < -0.3 is 5.11 Å². The number of aliphatic hydroxyl groups is 1. The Kier molecular flexibility index (Phi) is 9.36. The Labute approximate surface area is 152 Å². The van der Waals surface area contributed by atoms with Crippen LogP contribution in [0.2, 0.25) is 0 Å². The van der Waals surface area contributed by atoms with Gasteiger partial charge in [-0.1, -0.05) is 25.1 Å². The quantitative estimate of drug-likeness (QED) is 0.585. The van der Waals surface area contributed by atoms with Crippen LogP contribution in [0.4, 0.5) is 0 Å². The highest BCUT2D eigenvalue weighted by Crippen LogP contribution is 2.49. The van der Waals surface area contributed by atoms with E-state index >= 15 is 0 Å². The fourth-order valence-corrected chi connectivity index (χ4v) is 5.21. The van der Waals surface area contributed by atoms with E-state index in [1.807, 2.05) is 6.92 Å². The van der Waals surface area contributed by atoms with Crippen molar-refractivity contribution in [3.05, 3.63) is 30.3 Å². The third-order valence-electron chi connectivity index (χ3n) is 3.83. The summed E-state index contributed by atoms with van der Waals surface area (Å²) in [6.07, 6.45) is 0.236. The molecule has 1 rings (SSSR count). The highest BCUT2D eigenvalue weighted by molar-refractivity contribution is 8.21. The summed E-state index contributed by atoms with van der Waals surface area (Å²) in [7, 11) is -1.31. The molecule has 9 heteroatoms. The van der Waals surface area contributed by atoms with Crippen LogP contribution in [0.15, 0.2) is 35.2 Å². The molecule has 0 aliphatic rings. The van der Waals surface area contributed by atoms with E-state index in [4.69, 9.17) is 12.5 Å². The van der Waals surface area contributed by atoms with Crippen molar-refractivity contribution in [1.29, 1.82) is 0 Å². The summed E-state index contributed by atoms with van der Waals surface area (Å²) in [6, 6.07) is 8.22. The van der Waals surface area contributed by atoms with Crippen molar-refractivity contribution in [2.75, 3.05) is 40.2 Å². The number of hydrogen-bond donors (Lipinski definition) is 1. The zero-order chi connectivity index (χ0) is 18.9. The molecule has 1 aromatic carbocycles. The Hall–Kier alpha value is -0.680. The Morgan fingerprint density at radius 3 is 2.12 bits per heavy atom. The van der Waals surface area contributed by atoms with Crippen molar-refractivity contribution in [2.45, 2.75) is 30.8 Å². The second-order valence-corrected chi connectivity index (χ2v) is 9.82. The lowest BCUT2D eigenvalue weighted by molar-refractivity contribution is 0.141. The van der Waals surface area contributed by atoms with Crippen LogP contribution in [0.3, 0.4) is 0 Å². The Morgan fingerprint density at radius 2 is 1.64 bits per heavy atom. The van der Waals surface area contributed by atoms with Crippen LogP contribution in [0.1, 0.15) is 19.8 Å². The number of rotatable bonds is 12. The van der Waals surface area contributed by atoms with E-state index < -0.39 is 27.0 Å². The summed E-state index contributed by atoms with van der Waals surface area (Å²) in [5.41, 5.74) is 0. The average Bonchev–Trinajstić information content (AvgIpc) is 2.65. The molecule has 146 valence electrons. The van der Waals surface area contributed by atoms with Gasteiger partial charge in [-0.25, -0.2) is 8.42 Å². The molecule has 0 saturated heterocycles. The molecule has 1 atom stereocenters. The average molecular weight is 396 g/mol. The van der Waals surface area contributed by atoms with Crippen molar-refractivity contribution in [2.24, 2.45) is 0 Å². The molecule has 1 N–H and O–H groups in total. The lowest BCUT2D eigenvalue weighted by Gasteiger charge is -2.34. The molecule has 0 heterocycles. The molecule has 0 aliphatic heterocycles. The summed E-state index contributed by atoms with van der Waals surface area (Å²) >= 11 is 0. The van der Waals surface area contributed by atoms with Gasteiger partial charge in [0.05, 0.1) is 43.2 Å². The van der Waals surface area contributed by atoms with Crippen LogP contribution in [0.5, 0.6) is 0 Å². The highest BCUT2D eigenvalue weighted by atomic mass is 32.3. The van der Waals surface area contributed by atoms with E-state index in [0.717, 1.165) is 0 Å². The maximum Gasteiger partial charge on any atom is 0.243 e. The van der Waals surface area contributed by atoms with E-state index in [0.29, 0.717) is 18.6 Å². The minimum absolute atomic E-state index is 0.0447. The van der Waals surface area contributed by atoms with Crippen molar-refractivity contribution >= 4 is 20.9 Å². The molecule has 0 aliphatic carbocycles.